The number of aromatic nitrogens is 2. The van der Waals surface area contributed by atoms with Crippen molar-refractivity contribution in [2.24, 2.45) is 5.92 Å². The van der Waals surface area contributed by atoms with Crippen molar-refractivity contribution in [3.8, 4) is 0 Å². The molecule has 0 saturated carbocycles. The summed E-state index contributed by atoms with van der Waals surface area (Å²) in [5.41, 5.74) is 2.17. The maximum atomic E-state index is 12.2. The molecule has 2 heterocycles. The molecule has 1 amide bonds. The number of aryl methyl sites for hydroxylation is 1. The molecule has 5 heteroatoms. The maximum Gasteiger partial charge on any atom is 0.238 e. The molecule has 1 aromatic carbocycles. The Labute approximate surface area is 143 Å². The SMILES string of the molecule is CCc1ccc(NC(=O)CN2CCC(Cn3ccnc3)CC2)cc1. The minimum Gasteiger partial charge on any atom is -0.337 e. The first-order chi connectivity index (χ1) is 11.7. The highest BCUT2D eigenvalue weighted by Crippen LogP contribution is 2.19. The van der Waals surface area contributed by atoms with Gasteiger partial charge in [-0.05, 0) is 56.0 Å². The number of amides is 1. The molecule has 24 heavy (non-hydrogen) atoms. The number of carbonyl (C=O) groups excluding carboxylic acids is 1. The van der Waals surface area contributed by atoms with E-state index in [1.54, 1.807) is 0 Å². The van der Waals surface area contributed by atoms with E-state index in [0.717, 1.165) is 44.6 Å². The van der Waals surface area contributed by atoms with Gasteiger partial charge in [-0.15, -0.1) is 0 Å². The summed E-state index contributed by atoms with van der Waals surface area (Å²) < 4.78 is 2.15. The molecule has 0 aliphatic carbocycles. The van der Waals surface area contributed by atoms with Gasteiger partial charge < -0.3 is 9.88 Å². The largest absolute Gasteiger partial charge is 0.337 e. The van der Waals surface area contributed by atoms with Gasteiger partial charge in [0.15, 0.2) is 0 Å². The van der Waals surface area contributed by atoms with E-state index in [-0.39, 0.29) is 5.91 Å². The number of piperidine rings is 1. The summed E-state index contributed by atoms with van der Waals surface area (Å²) in [6, 6.07) is 8.09. The Bertz CT molecular complexity index is 628. The Hall–Kier alpha value is -2.14. The molecule has 1 N–H and O–H groups in total. The monoisotopic (exact) mass is 326 g/mol. The van der Waals surface area contributed by atoms with Crippen LogP contribution in [-0.2, 0) is 17.8 Å². The van der Waals surface area contributed by atoms with E-state index in [2.05, 4.69) is 38.8 Å². The second-order valence-corrected chi connectivity index (χ2v) is 6.58. The van der Waals surface area contributed by atoms with Crippen molar-refractivity contribution in [3.05, 3.63) is 48.5 Å². The molecular formula is C19H26N4O. The Kier molecular flexibility index (Phi) is 5.64. The highest BCUT2D eigenvalue weighted by molar-refractivity contribution is 5.92. The molecule has 128 valence electrons. The number of carbonyl (C=O) groups is 1. The van der Waals surface area contributed by atoms with Crippen LogP contribution in [0.5, 0.6) is 0 Å². The summed E-state index contributed by atoms with van der Waals surface area (Å²) in [5, 5.41) is 3.00. The van der Waals surface area contributed by atoms with Crippen molar-refractivity contribution in [2.75, 3.05) is 25.0 Å². The second kappa shape index (κ2) is 8.11. The zero-order valence-corrected chi connectivity index (χ0v) is 14.3. The van der Waals surface area contributed by atoms with E-state index in [1.807, 2.05) is 30.9 Å². The standard InChI is InChI=1S/C19H26N4O/c1-2-16-3-5-18(6-4-16)21-19(24)14-22-10-7-17(8-11-22)13-23-12-9-20-15-23/h3-6,9,12,15,17H,2,7-8,10-11,13-14H2,1H3,(H,21,24). The first-order valence-electron chi connectivity index (χ1n) is 8.80. The molecule has 1 aromatic heterocycles. The van der Waals surface area contributed by atoms with Gasteiger partial charge >= 0.3 is 0 Å². The minimum absolute atomic E-state index is 0.0762. The minimum atomic E-state index is 0.0762. The average molecular weight is 326 g/mol. The van der Waals surface area contributed by atoms with Crippen molar-refractivity contribution in [1.82, 2.24) is 14.5 Å². The molecule has 1 saturated heterocycles. The normalized spacial score (nSPS) is 16.2. The van der Waals surface area contributed by atoms with Crippen LogP contribution in [0.3, 0.4) is 0 Å². The van der Waals surface area contributed by atoms with Crippen LogP contribution in [-0.4, -0.2) is 40.0 Å². The molecule has 1 fully saturated rings. The Morgan fingerprint density at radius 3 is 2.62 bits per heavy atom. The van der Waals surface area contributed by atoms with Gasteiger partial charge in [0.1, 0.15) is 0 Å². The van der Waals surface area contributed by atoms with E-state index in [4.69, 9.17) is 0 Å². The van der Waals surface area contributed by atoms with E-state index in [1.165, 1.54) is 5.56 Å². The molecular weight excluding hydrogens is 300 g/mol. The third kappa shape index (κ3) is 4.68. The van der Waals surface area contributed by atoms with E-state index < -0.39 is 0 Å². The lowest BCUT2D eigenvalue weighted by molar-refractivity contribution is -0.117. The number of imidazole rings is 1. The van der Waals surface area contributed by atoms with Gasteiger partial charge in [0.2, 0.25) is 5.91 Å². The smallest absolute Gasteiger partial charge is 0.238 e. The van der Waals surface area contributed by atoms with Crippen molar-refractivity contribution in [1.29, 1.82) is 0 Å². The number of nitrogens with one attached hydrogen (secondary N) is 1. The number of anilines is 1. The molecule has 0 bridgehead atoms. The van der Waals surface area contributed by atoms with Gasteiger partial charge in [0.05, 0.1) is 12.9 Å². The summed E-state index contributed by atoms with van der Waals surface area (Å²) in [4.78, 5) is 18.6. The van der Waals surface area contributed by atoms with Gasteiger partial charge in [-0.3, -0.25) is 9.69 Å². The lowest BCUT2D eigenvalue weighted by Crippen LogP contribution is -2.39. The van der Waals surface area contributed by atoms with E-state index >= 15 is 0 Å². The van der Waals surface area contributed by atoms with Gasteiger partial charge in [-0.1, -0.05) is 19.1 Å². The third-order valence-corrected chi connectivity index (χ3v) is 4.75. The first-order valence-corrected chi connectivity index (χ1v) is 8.80. The fourth-order valence-corrected chi connectivity index (χ4v) is 3.25. The van der Waals surface area contributed by atoms with Crippen LogP contribution >= 0.6 is 0 Å². The van der Waals surface area contributed by atoms with Gasteiger partial charge in [0.25, 0.3) is 0 Å². The van der Waals surface area contributed by atoms with Crippen LogP contribution in [0.4, 0.5) is 5.69 Å². The molecule has 0 atom stereocenters. The van der Waals surface area contributed by atoms with Crippen LogP contribution in [0, 0.1) is 5.92 Å². The van der Waals surface area contributed by atoms with Crippen LogP contribution in [0.1, 0.15) is 25.3 Å². The van der Waals surface area contributed by atoms with Crippen molar-refractivity contribution >= 4 is 11.6 Å². The summed E-state index contributed by atoms with van der Waals surface area (Å²) in [6.07, 6.45) is 9.01. The van der Waals surface area contributed by atoms with Crippen LogP contribution in [0.2, 0.25) is 0 Å². The van der Waals surface area contributed by atoms with Gasteiger partial charge in [0, 0.05) is 24.6 Å². The summed E-state index contributed by atoms with van der Waals surface area (Å²) in [7, 11) is 0. The number of hydrogen-bond donors (Lipinski definition) is 1. The predicted molar refractivity (Wildman–Crippen MR) is 95.8 cm³/mol. The number of rotatable bonds is 6. The molecule has 0 radical (unpaired) electrons. The van der Waals surface area contributed by atoms with Crippen LogP contribution < -0.4 is 5.32 Å². The summed E-state index contributed by atoms with van der Waals surface area (Å²) in [5.74, 6) is 0.757. The fraction of sp³-hybridized carbons (Fsp3) is 0.474. The maximum absolute atomic E-state index is 12.2. The molecule has 1 aliphatic heterocycles. The zero-order chi connectivity index (χ0) is 16.8. The molecule has 0 unspecified atom stereocenters. The first kappa shape index (κ1) is 16.7. The van der Waals surface area contributed by atoms with Crippen LogP contribution in [0.25, 0.3) is 0 Å². The Balaban J connectivity index is 1.41. The van der Waals surface area contributed by atoms with Gasteiger partial charge in [-0.2, -0.15) is 0 Å². The lowest BCUT2D eigenvalue weighted by atomic mass is 9.97. The van der Waals surface area contributed by atoms with Gasteiger partial charge in [-0.25, -0.2) is 4.98 Å². The van der Waals surface area contributed by atoms with Crippen LogP contribution in [0.15, 0.2) is 43.0 Å². The van der Waals surface area contributed by atoms with E-state index in [0.29, 0.717) is 12.5 Å². The van der Waals surface area contributed by atoms with Crippen molar-refractivity contribution < 1.29 is 4.79 Å². The summed E-state index contributed by atoms with van der Waals surface area (Å²) >= 11 is 0. The number of hydrogen-bond acceptors (Lipinski definition) is 3. The molecule has 5 nitrogen and oxygen atoms in total. The quantitative estimate of drug-likeness (QED) is 0.888. The Morgan fingerprint density at radius 1 is 1.25 bits per heavy atom. The highest BCUT2D eigenvalue weighted by Gasteiger charge is 2.21. The third-order valence-electron chi connectivity index (χ3n) is 4.75. The molecule has 1 aliphatic rings. The molecule has 2 aromatic rings. The van der Waals surface area contributed by atoms with E-state index in [9.17, 15) is 4.79 Å². The number of likely N-dealkylation sites (tertiary alicyclic amines) is 1. The summed E-state index contributed by atoms with van der Waals surface area (Å²) in [6.45, 7) is 5.62. The number of benzene rings is 1. The Morgan fingerprint density at radius 2 is 2.00 bits per heavy atom. The number of nitrogens with zero attached hydrogens (tertiary/aromatic N) is 3. The average Bonchev–Trinajstić information content (AvgIpc) is 3.10. The highest BCUT2D eigenvalue weighted by atomic mass is 16.2. The second-order valence-electron chi connectivity index (χ2n) is 6.58. The fourth-order valence-electron chi connectivity index (χ4n) is 3.25. The van der Waals surface area contributed by atoms with Crippen molar-refractivity contribution in [3.63, 3.8) is 0 Å². The zero-order valence-electron chi connectivity index (χ0n) is 14.3. The van der Waals surface area contributed by atoms with Crippen molar-refractivity contribution in [2.45, 2.75) is 32.7 Å². The topological polar surface area (TPSA) is 50.2 Å². The lowest BCUT2D eigenvalue weighted by Gasteiger charge is -2.31. The predicted octanol–water partition coefficient (Wildman–Crippen LogP) is 2.80. The molecule has 3 rings (SSSR count). The molecule has 0 spiro atoms.